The van der Waals surface area contributed by atoms with Crippen LogP contribution in [-0.2, 0) is 0 Å². The van der Waals surface area contributed by atoms with Gasteiger partial charge in [0, 0.05) is 18.8 Å². The molecule has 0 atom stereocenters. The fourth-order valence-electron chi connectivity index (χ4n) is 2.20. The van der Waals surface area contributed by atoms with E-state index in [0.29, 0.717) is 0 Å². The molecule has 0 amide bonds. The minimum atomic E-state index is 1.06. The Bertz CT molecular complexity index is 478. The van der Waals surface area contributed by atoms with Gasteiger partial charge in [-0.25, -0.2) is 0 Å². The first-order valence-electron chi connectivity index (χ1n) is 6.66. The average Bonchev–Trinajstić information content (AvgIpc) is 2.42. The van der Waals surface area contributed by atoms with Gasteiger partial charge >= 0.3 is 0 Å². The molecule has 2 aromatic rings. The van der Waals surface area contributed by atoms with Crippen molar-refractivity contribution in [2.75, 3.05) is 18.0 Å². The average molecular weight is 239 g/mol. The van der Waals surface area contributed by atoms with Crippen molar-refractivity contribution in [3.63, 3.8) is 0 Å². The van der Waals surface area contributed by atoms with Crippen molar-refractivity contribution in [3.8, 4) is 11.1 Å². The maximum Gasteiger partial charge on any atom is 0.0366 e. The molecule has 94 valence electrons. The molecule has 0 bridgehead atoms. The molecular weight excluding hydrogens is 218 g/mol. The summed E-state index contributed by atoms with van der Waals surface area (Å²) in [5, 5.41) is 0. The van der Waals surface area contributed by atoms with Crippen LogP contribution in [0.4, 0.5) is 5.69 Å². The Labute approximate surface area is 110 Å². The molecule has 0 radical (unpaired) electrons. The van der Waals surface area contributed by atoms with Crippen molar-refractivity contribution in [2.24, 2.45) is 0 Å². The van der Waals surface area contributed by atoms with Crippen LogP contribution in [0, 0.1) is 6.92 Å². The first kappa shape index (κ1) is 12.7. The highest BCUT2D eigenvalue weighted by molar-refractivity contribution is 5.66. The molecule has 18 heavy (non-hydrogen) atoms. The lowest BCUT2D eigenvalue weighted by atomic mass is 10.0. The summed E-state index contributed by atoms with van der Waals surface area (Å²) in [6, 6.07) is 17.5. The second-order valence-electron chi connectivity index (χ2n) is 4.59. The second-order valence-corrected chi connectivity index (χ2v) is 4.59. The first-order valence-corrected chi connectivity index (χ1v) is 6.66. The van der Waals surface area contributed by atoms with Gasteiger partial charge < -0.3 is 4.90 Å². The number of anilines is 1. The van der Waals surface area contributed by atoms with Gasteiger partial charge in [0.05, 0.1) is 0 Å². The van der Waals surface area contributed by atoms with Crippen LogP contribution in [-0.4, -0.2) is 13.1 Å². The van der Waals surface area contributed by atoms with Gasteiger partial charge in [0.1, 0.15) is 0 Å². The van der Waals surface area contributed by atoms with Crippen molar-refractivity contribution < 1.29 is 0 Å². The van der Waals surface area contributed by atoms with Crippen LogP contribution in [0.15, 0.2) is 48.5 Å². The van der Waals surface area contributed by atoms with Crippen LogP contribution >= 0.6 is 0 Å². The van der Waals surface area contributed by atoms with Gasteiger partial charge in [-0.3, -0.25) is 0 Å². The zero-order chi connectivity index (χ0) is 13.0. The molecule has 0 aliphatic carbocycles. The first-order chi connectivity index (χ1) is 8.74. The highest BCUT2D eigenvalue weighted by Gasteiger charge is 2.02. The molecule has 0 heterocycles. The zero-order valence-corrected chi connectivity index (χ0v) is 11.5. The summed E-state index contributed by atoms with van der Waals surface area (Å²) >= 11 is 0. The standard InChI is InChI=1S/C17H21N/c1-4-18(5-2)17-12-10-16(11-13-17)15-8-6-14(3)7-9-15/h6-13H,4-5H2,1-3H3. The Kier molecular flexibility index (Phi) is 4.03. The van der Waals surface area contributed by atoms with E-state index in [1.807, 2.05) is 0 Å². The molecule has 0 fully saturated rings. The maximum atomic E-state index is 2.36. The molecule has 0 spiro atoms. The molecule has 0 aliphatic heterocycles. The smallest absolute Gasteiger partial charge is 0.0366 e. The van der Waals surface area contributed by atoms with E-state index in [1.165, 1.54) is 22.4 Å². The van der Waals surface area contributed by atoms with Gasteiger partial charge in [-0.1, -0.05) is 42.0 Å². The van der Waals surface area contributed by atoms with Gasteiger partial charge in [-0.15, -0.1) is 0 Å². The predicted octanol–water partition coefficient (Wildman–Crippen LogP) is 4.51. The Morgan fingerprint density at radius 1 is 0.722 bits per heavy atom. The topological polar surface area (TPSA) is 3.24 Å². The molecule has 2 rings (SSSR count). The van der Waals surface area contributed by atoms with Crippen molar-refractivity contribution in [1.82, 2.24) is 0 Å². The van der Waals surface area contributed by atoms with Crippen LogP contribution < -0.4 is 4.90 Å². The lowest BCUT2D eigenvalue weighted by molar-refractivity contribution is 0.866. The van der Waals surface area contributed by atoms with Crippen LogP contribution in [0.1, 0.15) is 19.4 Å². The maximum absolute atomic E-state index is 2.36. The summed E-state index contributed by atoms with van der Waals surface area (Å²) in [5.41, 5.74) is 5.17. The number of benzene rings is 2. The Hall–Kier alpha value is -1.76. The lowest BCUT2D eigenvalue weighted by Gasteiger charge is -2.21. The molecule has 2 aromatic carbocycles. The van der Waals surface area contributed by atoms with Gasteiger partial charge in [0.2, 0.25) is 0 Å². The summed E-state index contributed by atoms with van der Waals surface area (Å²) in [6.07, 6.45) is 0. The quantitative estimate of drug-likeness (QED) is 0.759. The third-order valence-electron chi connectivity index (χ3n) is 3.38. The molecule has 0 saturated heterocycles. The molecular formula is C17H21N. The Morgan fingerprint density at radius 3 is 1.61 bits per heavy atom. The summed E-state index contributed by atoms with van der Waals surface area (Å²) in [7, 11) is 0. The van der Waals surface area contributed by atoms with E-state index in [1.54, 1.807) is 0 Å². The third kappa shape index (κ3) is 2.73. The van der Waals surface area contributed by atoms with Crippen molar-refractivity contribution in [2.45, 2.75) is 20.8 Å². The van der Waals surface area contributed by atoms with Crippen molar-refractivity contribution in [3.05, 3.63) is 54.1 Å². The monoisotopic (exact) mass is 239 g/mol. The molecule has 1 nitrogen and oxygen atoms in total. The lowest BCUT2D eigenvalue weighted by Crippen LogP contribution is -2.21. The van der Waals surface area contributed by atoms with Gasteiger partial charge in [0.15, 0.2) is 0 Å². The van der Waals surface area contributed by atoms with E-state index >= 15 is 0 Å². The largest absolute Gasteiger partial charge is 0.372 e. The number of nitrogens with zero attached hydrogens (tertiary/aromatic N) is 1. The van der Waals surface area contributed by atoms with Crippen molar-refractivity contribution in [1.29, 1.82) is 0 Å². The van der Waals surface area contributed by atoms with Gasteiger partial charge in [-0.05, 0) is 44.0 Å². The third-order valence-corrected chi connectivity index (χ3v) is 3.38. The molecule has 0 N–H and O–H groups in total. The highest BCUT2D eigenvalue weighted by Crippen LogP contribution is 2.23. The van der Waals surface area contributed by atoms with Crippen LogP contribution in [0.5, 0.6) is 0 Å². The SMILES string of the molecule is CCN(CC)c1ccc(-c2ccc(C)cc2)cc1. The normalized spacial score (nSPS) is 10.4. The van der Waals surface area contributed by atoms with Crippen LogP contribution in [0.3, 0.4) is 0 Å². The molecule has 0 aliphatic rings. The molecule has 0 aromatic heterocycles. The van der Waals surface area contributed by atoms with E-state index < -0.39 is 0 Å². The molecule has 0 saturated carbocycles. The number of rotatable bonds is 4. The molecule has 1 heteroatoms. The molecule has 0 unspecified atom stereocenters. The van der Waals surface area contributed by atoms with E-state index in [2.05, 4.69) is 74.2 Å². The fraction of sp³-hybridized carbons (Fsp3) is 0.294. The summed E-state index contributed by atoms with van der Waals surface area (Å²) in [5.74, 6) is 0. The van der Waals surface area contributed by atoms with Crippen LogP contribution in [0.2, 0.25) is 0 Å². The van der Waals surface area contributed by atoms with Gasteiger partial charge in [-0.2, -0.15) is 0 Å². The van der Waals surface area contributed by atoms with E-state index in [4.69, 9.17) is 0 Å². The fourth-order valence-corrected chi connectivity index (χ4v) is 2.20. The van der Waals surface area contributed by atoms with Crippen LogP contribution in [0.25, 0.3) is 11.1 Å². The minimum Gasteiger partial charge on any atom is -0.372 e. The van der Waals surface area contributed by atoms with E-state index in [0.717, 1.165) is 13.1 Å². The second kappa shape index (κ2) is 5.72. The summed E-state index contributed by atoms with van der Waals surface area (Å²) < 4.78 is 0. The van der Waals surface area contributed by atoms with E-state index in [9.17, 15) is 0 Å². The minimum absolute atomic E-state index is 1.06. The summed E-state index contributed by atoms with van der Waals surface area (Å²) in [4.78, 5) is 2.36. The number of hydrogen-bond acceptors (Lipinski definition) is 1. The summed E-state index contributed by atoms with van der Waals surface area (Å²) in [6.45, 7) is 8.61. The predicted molar refractivity (Wildman–Crippen MR) is 80.2 cm³/mol. The van der Waals surface area contributed by atoms with Crippen molar-refractivity contribution >= 4 is 5.69 Å². The Morgan fingerprint density at radius 2 is 1.17 bits per heavy atom. The highest BCUT2D eigenvalue weighted by atomic mass is 15.1. The zero-order valence-electron chi connectivity index (χ0n) is 11.5. The number of hydrogen-bond donors (Lipinski definition) is 0. The van der Waals surface area contributed by atoms with E-state index in [-0.39, 0.29) is 0 Å². The number of aryl methyl sites for hydroxylation is 1. The Balaban J connectivity index is 2.24. The van der Waals surface area contributed by atoms with Gasteiger partial charge in [0.25, 0.3) is 0 Å².